The molecule has 0 fully saturated rings. The first-order valence-corrected chi connectivity index (χ1v) is 7.91. The molecule has 0 heterocycles. The number of anilines is 3. The predicted octanol–water partition coefficient (Wildman–Crippen LogP) is 3.43. The molecule has 0 unspecified atom stereocenters. The predicted molar refractivity (Wildman–Crippen MR) is 95.8 cm³/mol. The van der Waals surface area contributed by atoms with Gasteiger partial charge in [-0.1, -0.05) is 37.3 Å². The monoisotopic (exact) mass is 340 g/mol. The highest BCUT2D eigenvalue weighted by atomic mass is 19.1. The Morgan fingerprint density at radius 3 is 2.40 bits per heavy atom. The highest BCUT2D eigenvalue weighted by Gasteiger charge is 2.24. The molecule has 0 bridgehead atoms. The minimum Gasteiger partial charge on any atom is -0.506 e. The van der Waals surface area contributed by atoms with Gasteiger partial charge in [-0.15, -0.1) is 0 Å². The number of rotatable bonds is 6. The molecule has 128 valence electrons. The van der Waals surface area contributed by atoms with Crippen molar-refractivity contribution in [3.05, 3.63) is 80.4 Å². The molecule has 3 rings (SSSR count). The maximum Gasteiger partial charge on any atom is 0.253 e. The molecule has 0 aliphatic rings. The van der Waals surface area contributed by atoms with E-state index >= 15 is 0 Å². The van der Waals surface area contributed by atoms with Crippen molar-refractivity contribution < 1.29 is 9.50 Å². The second-order valence-corrected chi connectivity index (χ2v) is 5.71. The average molecular weight is 340 g/mol. The third-order valence-electron chi connectivity index (χ3n) is 4.06. The summed E-state index contributed by atoms with van der Waals surface area (Å²) in [7, 11) is 0. The molecule has 0 aromatic heterocycles. The lowest BCUT2D eigenvalue weighted by Crippen LogP contribution is -2.37. The van der Waals surface area contributed by atoms with Gasteiger partial charge in [-0.2, -0.15) is 0 Å². The summed E-state index contributed by atoms with van der Waals surface area (Å²) in [6, 6.07) is 12.7. The van der Waals surface area contributed by atoms with Gasteiger partial charge in [0.15, 0.2) is 0 Å². The zero-order valence-electron chi connectivity index (χ0n) is 13.5. The van der Waals surface area contributed by atoms with Gasteiger partial charge >= 0.3 is 0 Å². The van der Waals surface area contributed by atoms with Gasteiger partial charge in [0.05, 0.1) is 11.7 Å². The zero-order valence-corrected chi connectivity index (χ0v) is 13.5. The minimum absolute atomic E-state index is 0.0280. The average Bonchev–Trinajstić information content (AvgIpc) is 2.64. The summed E-state index contributed by atoms with van der Waals surface area (Å²) < 4.78 is 13.3. The smallest absolute Gasteiger partial charge is 0.253 e. The molecule has 0 saturated heterocycles. The van der Waals surface area contributed by atoms with Crippen LogP contribution < -0.4 is 21.5 Å². The zero-order chi connectivity index (χ0) is 18.0. The highest BCUT2D eigenvalue weighted by molar-refractivity contribution is 5.80. The summed E-state index contributed by atoms with van der Waals surface area (Å²) in [4.78, 5) is 23.8. The first-order valence-electron chi connectivity index (χ1n) is 7.91. The molecule has 3 aromatic rings. The maximum atomic E-state index is 13.3. The third kappa shape index (κ3) is 3.24. The molecular weight excluding hydrogens is 323 g/mol. The lowest BCUT2D eigenvalue weighted by atomic mass is 10.0. The number of phenolic OH excluding ortho intramolecular Hbond substituents is 1. The molecule has 0 saturated carbocycles. The van der Waals surface area contributed by atoms with Crippen LogP contribution in [0.25, 0.3) is 0 Å². The number of phenols is 1. The van der Waals surface area contributed by atoms with Crippen molar-refractivity contribution in [2.24, 2.45) is 0 Å². The topological polar surface area (TPSA) is 78.4 Å². The molecule has 25 heavy (non-hydrogen) atoms. The maximum absolute atomic E-state index is 13.3. The summed E-state index contributed by atoms with van der Waals surface area (Å²) in [6.07, 6.45) is 0.702. The number of benzene rings is 2. The lowest BCUT2D eigenvalue weighted by molar-refractivity contribution is 0.475. The Morgan fingerprint density at radius 1 is 1.04 bits per heavy atom. The van der Waals surface area contributed by atoms with E-state index in [4.69, 9.17) is 0 Å². The van der Waals surface area contributed by atoms with E-state index in [-0.39, 0.29) is 28.9 Å². The van der Waals surface area contributed by atoms with E-state index in [1.807, 2.05) is 37.3 Å². The van der Waals surface area contributed by atoms with Gasteiger partial charge in [0.2, 0.25) is 0 Å². The number of nitrogens with one attached hydrogen (secondary N) is 2. The molecule has 6 heteroatoms. The minimum atomic E-state index is -0.700. The molecule has 3 aromatic carbocycles. The number of hydrogen-bond acceptors (Lipinski definition) is 5. The number of halogens is 1. The first-order chi connectivity index (χ1) is 12.0. The Hall–Kier alpha value is -3.15. The summed E-state index contributed by atoms with van der Waals surface area (Å²) in [5, 5.41) is 15.5. The third-order valence-corrected chi connectivity index (χ3v) is 4.06. The largest absolute Gasteiger partial charge is 0.506 e. The second-order valence-electron chi connectivity index (χ2n) is 5.71. The highest BCUT2D eigenvalue weighted by Crippen LogP contribution is 2.31. The van der Waals surface area contributed by atoms with Gasteiger partial charge < -0.3 is 15.7 Å². The fraction of sp³-hybridized carbons (Fsp3) is 0.158. The molecular formula is C19H17FN2O3. The Morgan fingerprint density at radius 2 is 1.72 bits per heavy atom. The first kappa shape index (κ1) is 16.7. The fourth-order valence-corrected chi connectivity index (χ4v) is 2.67. The molecule has 1 atom stereocenters. The van der Waals surface area contributed by atoms with Crippen LogP contribution in [0.1, 0.15) is 24.9 Å². The van der Waals surface area contributed by atoms with Crippen LogP contribution in [0.2, 0.25) is 0 Å². The van der Waals surface area contributed by atoms with E-state index < -0.39 is 16.7 Å². The molecule has 0 aliphatic heterocycles. The van der Waals surface area contributed by atoms with E-state index in [0.717, 1.165) is 17.7 Å². The van der Waals surface area contributed by atoms with Crippen LogP contribution in [0, 0.1) is 5.82 Å². The number of aromatic hydroxyl groups is 1. The van der Waals surface area contributed by atoms with Gasteiger partial charge in [0.1, 0.15) is 22.9 Å². The molecule has 0 radical (unpaired) electrons. The molecule has 0 amide bonds. The normalized spacial score (nSPS) is 12.1. The van der Waals surface area contributed by atoms with E-state index in [1.165, 1.54) is 6.07 Å². The lowest BCUT2D eigenvalue weighted by Gasteiger charge is -2.22. The van der Waals surface area contributed by atoms with Crippen LogP contribution in [0.5, 0.6) is 5.75 Å². The van der Waals surface area contributed by atoms with E-state index in [1.54, 1.807) is 0 Å². The van der Waals surface area contributed by atoms with Crippen LogP contribution in [0.4, 0.5) is 21.5 Å². The van der Waals surface area contributed by atoms with Crippen LogP contribution in [0.15, 0.2) is 58.1 Å². The van der Waals surface area contributed by atoms with Gasteiger partial charge in [-0.3, -0.25) is 9.59 Å². The van der Waals surface area contributed by atoms with E-state index in [9.17, 15) is 19.1 Å². The van der Waals surface area contributed by atoms with Crippen LogP contribution in [-0.2, 0) is 0 Å². The number of hydrogen-bond donors (Lipinski definition) is 3. The fourth-order valence-electron chi connectivity index (χ4n) is 2.67. The Bertz CT molecular complexity index is 963. The van der Waals surface area contributed by atoms with Crippen molar-refractivity contribution in [3.8, 4) is 5.75 Å². The SMILES string of the molecule is CC[C@@H](Nc1c(Nc2cc(F)ccc2O)c(=O)c1=O)c1ccccc1. The van der Waals surface area contributed by atoms with Crippen molar-refractivity contribution >= 4 is 17.1 Å². The summed E-state index contributed by atoms with van der Waals surface area (Å²) in [6.45, 7) is 1.96. The van der Waals surface area contributed by atoms with Gasteiger partial charge in [0, 0.05) is 6.07 Å². The van der Waals surface area contributed by atoms with Crippen molar-refractivity contribution in [2.75, 3.05) is 10.6 Å². The standard InChI is InChI=1S/C19H17FN2O3/c1-2-13(11-6-4-3-5-7-11)21-16-17(19(25)18(16)24)22-14-10-12(20)8-9-15(14)23/h3-10,13,21-23H,2H2,1H3/t13-/m1/s1. The van der Waals surface area contributed by atoms with Crippen molar-refractivity contribution in [1.82, 2.24) is 0 Å². The molecule has 5 nitrogen and oxygen atoms in total. The van der Waals surface area contributed by atoms with Crippen molar-refractivity contribution in [1.29, 1.82) is 0 Å². The Kier molecular flexibility index (Phi) is 4.52. The Labute approximate surface area is 143 Å². The molecule has 0 aliphatic carbocycles. The van der Waals surface area contributed by atoms with Crippen LogP contribution >= 0.6 is 0 Å². The van der Waals surface area contributed by atoms with Crippen LogP contribution in [0.3, 0.4) is 0 Å². The summed E-state index contributed by atoms with van der Waals surface area (Å²) in [5.41, 5.74) is -0.146. The Balaban J connectivity index is 1.89. The van der Waals surface area contributed by atoms with E-state index in [2.05, 4.69) is 10.6 Å². The van der Waals surface area contributed by atoms with Crippen molar-refractivity contribution in [3.63, 3.8) is 0 Å². The quantitative estimate of drug-likeness (QED) is 0.473. The van der Waals surface area contributed by atoms with Gasteiger partial charge in [-0.25, -0.2) is 4.39 Å². The second kappa shape index (κ2) is 6.76. The summed E-state index contributed by atoms with van der Waals surface area (Å²) in [5.74, 6) is -0.778. The molecule has 3 N–H and O–H groups in total. The summed E-state index contributed by atoms with van der Waals surface area (Å²) >= 11 is 0. The van der Waals surface area contributed by atoms with Crippen molar-refractivity contribution in [2.45, 2.75) is 19.4 Å². The van der Waals surface area contributed by atoms with Crippen LogP contribution in [-0.4, -0.2) is 5.11 Å². The molecule has 0 spiro atoms. The van der Waals surface area contributed by atoms with Gasteiger partial charge in [-0.05, 0) is 24.1 Å². The van der Waals surface area contributed by atoms with E-state index in [0.29, 0.717) is 6.42 Å². The van der Waals surface area contributed by atoms with Gasteiger partial charge in [0.25, 0.3) is 10.9 Å².